The molecule has 0 amide bonds. The highest BCUT2D eigenvalue weighted by atomic mass is 19.4. The van der Waals surface area contributed by atoms with E-state index in [1.807, 2.05) is 0 Å². The summed E-state index contributed by atoms with van der Waals surface area (Å²) in [5.41, 5.74) is -1.36. The van der Waals surface area contributed by atoms with Crippen LogP contribution in [0.4, 0.5) is 26.3 Å². The lowest BCUT2D eigenvalue weighted by molar-refractivity contribution is -0.156. The number of nitrogens with zero attached hydrogens (tertiary/aromatic N) is 3. The van der Waals surface area contributed by atoms with Gasteiger partial charge in [0.2, 0.25) is 11.6 Å². The Kier molecular flexibility index (Phi) is 3.77. The van der Waals surface area contributed by atoms with Gasteiger partial charge in [0, 0.05) is 0 Å². The van der Waals surface area contributed by atoms with Crippen LogP contribution in [-0.2, 0) is 27.2 Å². The van der Waals surface area contributed by atoms with Gasteiger partial charge in [0.25, 0.3) is 0 Å². The molecule has 0 bridgehead atoms. The van der Waals surface area contributed by atoms with Gasteiger partial charge in [0.1, 0.15) is 12.1 Å². The second kappa shape index (κ2) is 5.23. The predicted molar refractivity (Wildman–Crippen MR) is 64.4 cm³/mol. The largest absolute Gasteiger partial charge is 0.451 e. The van der Waals surface area contributed by atoms with Crippen LogP contribution in [0.1, 0.15) is 31.3 Å². The van der Waals surface area contributed by atoms with Gasteiger partial charge in [-0.05, 0) is 0 Å². The molecule has 3 rings (SSSR count). The van der Waals surface area contributed by atoms with Gasteiger partial charge >= 0.3 is 12.4 Å². The summed E-state index contributed by atoms with van der Waals surface area (Å²) >= 11 is 0. The van der Waals surface area contributed by atoms with E-state index in [0.717, 1.165) is 0 Å². The molecule has 2 fully saturated rings. The summed E-state index contributed by atoms with van der Waals surface area (Å²) in [7, 11) is 0. The number of nitrogens with one attached hydrogen (secondary N) is 1. The van der Waals surface area contributed by atoms with Crippen molar-refractivity contribution in [1.82, 2.24) is 20.3 Å². The highest BCUT2D eigenvalue weighted by Gasteiger charge is 2.51. The quantitative estimate of drug-likeness (QED) is 0.642. The Balaban J connectivity index is 2.01. The number of aromatic nitrogens is 3. The van der Waals surface area contributed by atoms with Crippen LogP contribution in [0, 0.1) is 0 Å². The number of ether oxygens (including phenoxy) is 2. The van der Waals surface area contributed by atoms with Crippen LogP contribution in [0.3, 0.4) is 0 Å². The standard InChI is InChI=1S/C12H12F6N4O2/c1-10(2,4-3-23-5-6(19-5)24-4)7-20-8(11(13,14)15)22-9(21-7)12(16,17)18/h4-6,19H,3H2,1-2H3/t4-,5?,6?/m0/s1. The molecule has 2 aliphatic rings. The van der Waals surface area contributed by atoms with E-state index in [1.54, 1.807) is 0 Å². The maximum Gasteiger partial charge on any atom is 0.451 e. The van der Waals surface area contributed by atoms with Crippen LogP contribution in [0.2, 0.25) is 0 Å². The van der Waals surface area contributed by atoms with Gasteiger partial charge in [-0.15, -0.1) is 0 Å². The third kappa shape index (κ3) is 3.17. The zero-order chi connectivity index (χ0) is 17.9. The molecule has 0 aromatic carbocycles. The molecule has 2 unspecified atom stereocenters. The van der Waals surface area contributed by atoms with Crippen molar-refractivity contribution in [2.24, 2.45) is 0 Å². The predicted octanol–water partition coefficient (Wildman–Crippen LogP) is 1.86. The number of hydrogen-bond donors (Lipinski definition) is 1. The lowest BCUT2D eigenvalue weighted by Gasteiger charge is -2.34. The van der Waals surface area contributed by atoms with Gasteiger partial charge in [-0.25, -0.2) is 15.0 Å². The molecule has 24 heavy (non-hydrogen) atoms. The Morgan fingerprint density at radius 1 is 0.875 bits per heavy atom. The van der Waals surface area contributed by atoms with Crippen molar-refractivity contribution < 1.29 is 35.8 Å². The molecule has 1 N–H and O–H groups in total. The molecule has 2 aliphatic heterocycles. The van der Waals surface area contributed by atoms with Crippen molar-refractivity contribution in [2.45, 2.75) is 50.2 Å². The molecule has 1 aromatic heterocycles. The fourth-order valence-electron chi connectivity index (χ4n) is 2.20. The van der Waals surface area contributed by atoms with Gasteiger partial charge in [0.15, 0.2) is 6.23 Å². The SMILES string of the molecule is CC(C)(c1nc(C(F)(F)F)nc(C(F)(F)F)n1)[C@@H]1COC2NC2O1. The number of hydrogen-bond acceptors (Lipinski definition) is 6. The van der Waals surface area contributed by atoms with Gasteiger partial charge in [-0.2, -0.15) is 26.3 Å². The van der Waals surface area contributed by atoms with Crippen molar-refractivity contribution in [3.8, 4) is 0 Å². The molecular formula is C12H12F6N4O2. The van der Waals surface area contributed by atoms with Crippen molar-refractivity contribution in [2.75, 3.05) is 6.61 Å². The molecule has 3 atom stereocenters. The topological polar surface area (TPSA) is 79.1 Å². The third-order valence-corrected chi connectivity index (χ3v) is 3.76. The van der Waals surface area contributed by atoms with Gasteiger partial charge < -0.3 is 9.47 Å². The van der Waals surface area contributed by atoms with Gasteiger partial charge in [-0.3, -0.25) is 5.32 Å². The Bertz CT molecular complexity index is 615. The van der Waals surface area contributed by atoms with Crippen LogP contribution >= 0.6 is 0 Å². The monoisotopic (exact) mass is 358 g/mol. The second-order valence-electron chi connectivity index (χ2n) is 5.99. The van der Waals surface area contributed by atoms with Crippen molar-refractivity contribution in [3.05, 3.63) is 17.5 Å². The second-order valence-corrected chi connectivity index (χ2v) is 5.99. The summed E-state index contributed by atoms with van der Waals surface area (Å²) in [6.07, 6.45) is -11.8. The first-order chi connectivity index (χ1) is 10.9. The Morgan fingerprint density at radius 3 is 1.83 bits per heavy atom. The van der Waals surface area contributed by atoms with Gasteiger partial charge in [0.05, 0.1) is 18.1 Å². The van der Waals surface area contributed by atoms with Crippen LogP contribution in [-0.4, -0.2) is 40.1 Å². The van der Waals surface area contributed by atoms with Crippen LogP contribution in [0.5, 0.6) is 0 Å². The van der Waals surface area contributed by atoms with E-state index in [1.165, 1.54) is 13.8 Å². The fourth-order valence-corrected chi connectivity index (χ4v) is 2.20. The summed E-state index contributed by atoms with van der Waals surface area (Å²) in [5, 5.41) is 2.80. The van der Waals surface area contributed by atoms with E-state index >= 15 is 0 Å². The highest BCUT2D eigenvalue weighted by Crippen LogP contribution is 2.37. The molecule has 134 valence electrons. The van der Waals surface area contributed by atoms with E-state index in [9.17, 15) is 26.3 Å². The Hall–Kier alpha value is -1.53. The number of rotatable bonds is 2. The normalized spacial score (nSPS) is 27.8. The first kappa shape index (κ1) is 17.3. The summed E-state index contributed by atoms with van der Waals surface area (Å²) in [4.78, 5) is 8.90. The molecule has 3 heterocycles. The molecule has 0 saturated carbocycles. The summed E-state index contributed by atoms with van der Waals surface area (Å²) in [6, 6.07) is 0. The van der Waals surface area contributed by atoms with Crippen LogP contribution < -0.4 is 5.32 Å². The van der Waals surface area contributed by atoms with E-state index in [-0.39, 0.29) is 12.8 Å². The molecule has 0 spiro atoms. The molecular weight excluding hydrogens is 346 g/mol. The molecule has 6 nitrogen and oxygen atoms in total. The summed E-state index contributed by atoms with van der Waals surface area (Å²) in [6.45, 7) is 2.76. The minimum atomic E-state index is -5.14. The molecule has 0 aliphatic carbocycles. The average Bonchev–Trinajstić information content (AvgIpc) is 3.23. The van der Waals surface area contributed by atoms with Crippen LogP contribution in [0.15, 0.2) is 0 Å². The van der Waals surface area contributed by atoms with E-state index in [2.05, 4.69) is 20.3 Å². The molecule has 0 radical (unpaired) electrons. The molecule has 2 saturated heterocycles. The minimum absolute atomic E-state index is 0.0183. The molecule has 1 aromatic rings. The van der Waals surface area contributed by atoms with Gasteiger partial charge in [-0.1, -0.05) is 13.8 Å². The zero-order valence-corrected chi connectivity index (χ0v) is 12.4. The summed E-state index contributed by atoms with van der Waals surface area (Å²) < 4.78 is 87.9. The van der Waals surface area contributed by atoms with E-state index in [4.69, 9.17) is 9.47 Å². The fraction of sp³-hybridized carbons (Fsp3) is 0.750. The number of halogens is 6. The Labute approximate surface area is 131 Å². The number of alkyl halides is 6. The highest BCUT2D eigenvalue weighted by molar-refractivity contribution is 5.14. The van der Waals surface area contributed by atoms with Crippen molar-refractivity contribution >= 4 is 0 Å². The van der Waals surface area contributed by atoms with E-state index in [0.29, 0.717) is 0 Å². The third-order valence-electron chi connectivity index (χ3n) is 3.76. The maximum absolute atomic E-state index is 12.8. The maximum atomic E-state index is 12.8. The summed E-state index contributed by atoms with van der Waals surface area (Å²) in [5.74, 6) is -4.45. The minimum Gasteiger partial charge on any atom is -0.356 e. The van der Waals surface area contributed by atoms with Crippen molar-refractivity contribution in [1.29, 1.82) is 0 Å². The van der Waals surface area contributed by atoms with Crippen LogP contribution in [0.25, 0.3) is 0 Å². The number of fused-ring (bicyclic) bond motifs is 1. The molecule has 12 heteroatoms. The first-order valence-electron chi connectivity index (χ1n) is 6.83. The zero-order valence-electron chi connectivity index (χ0n) is 12.4. The Morgan fingerprint density at radius 2 is 1.38 bits per heavy atom. The first-order valence-corrected chi connectivity index (χ1v) is 6.83. The van der Waals surface area contributed by atoms with E-state index < -0.39 is 47.6 Å². The average molecular weight is 358 g/mol. The lowest BCUT2D eigenvalue weighted by atomic mass is 9.85. The van der Waals surface area contributed by atoms with Crippen molar-refractivity contribution in [3.63, 3.8) is 0 Å². The smallest absolute Gasteiger partial charge is 0.356 e. The lowest BCUT2D eigenvalue weighted by Crippen LogP contribution is -2.45.